The second-order valence-corrected chi connectivity index (χ2v) is 5.76. The third kappa shape index (κ3) is 2.97. The number of benzene rings is 2. The molecule has 0 aliphatic rings. The summed E-state index contributed by atoms with van der Waals surface area (Å²) in [5.41, 5.74) is 9.71. The van der Waals surface area contributed by atoms with Gasteiger partial charge in [0.25, 0.3) is 0 Å². The Hall–Kier alpha value is -2.14. The maximum atomic E-state index is 5.93. The molecule has 0 saturated heterocycles. The van der Waals surface area contributed by atoms with Gasteiger partial charge in [0.1, 0.15) is 0 Å². The Morgan fingerprint density at radius 2 is 2.00 bits per heavy atom. The van der Waals surface area contributed by atoms with Crippen LogP contribution in [0.1, 0.15) is 17.0 Å². The zero-order valence-electron chi connectivity index (χ0n) is 11.5. The quantitative estimate of drug-likeness (QED) is 0.730. The van der Waals surface area contributed by atoms with Gasteiger partial charge in [-0.2, -0.15) is 4.98 Å². The van der Waals surface area contributed by atoms with Gasteiger partial charge in [-0.05, 0) is 42.3 Å². The minimum Gasteiger partial charge on any atom is -0.398 e. The van der Waals surface area contributed by atoms with Crippen LogP contribution < -0.4 is 5.73 Å². The molecule has 21 heavy (non-hydrogen) atoms. The van der Waals surface area contributed by atoms with Crippen molar-refractivity contribution in [2.45, 2.75) is 13.3 Å². The van der Waals surface area contributed by atoms with Gasteiger partial charge in [-0.3, -0.25) is 0 Å². The summed E-state index contributed by atoms with van der Waals surface area (Å²) in [6.07, 6.45) is 0.537. The summed E-state index contributed by atoms with van der Waals surface area (Å²) < 4.78 is 6.37. The monoisotopic (exact) mass is 343 g/mol. The van der Waals surface area contributed by atoms with Crippen LogP contribution in [0.5, 0.6) is 0 Å². The SMILES string of the molecule is Cc1cc(Br)ccc1-c1noc(Cc2ccccc2N)n1. The van der Waals surface area contributed by atoms with Crippen LogP contribution in [-0.4, -0.2) is 10.1 Å². The van der Waals surface area contributed by atoms with E-state index in [4.69, 9.17) is 10.3 Å². The molecular weight excluding hydrogens is 330 g/mol. The fraction of sp³-hybridized carbons (Fsp3) is 0.125. The molecule has 0 unspecified atom stereocenters. The first-order valence-corrected chi connectivity index (χ1v) is 7.35. The number of rotatable bonds is 3. The van der Waals surface area contributed by atoms with Gasteiger partial charge in [-0.15, -0.1) is 0 Å². The van der Waals surface area contributed by atoms with E-state index in [-0.39, 0.29) is 0 Å². The highest BCUT2D eigenvalue weighted by Crippen LogP contribution is 2.24. The van der Waals surface area contributed by atoms with Gasteiger partial charge < -0.3 is 10.3 Å². The molecule has 1 aromatic heterocycles. The minimum absolute atomic E-state index is 0.537. The molecule has 0 saturated carbocycles. The van der Waals surface area contributed by atoms with E-state index in [9.17, 15) is 0 Å². The zero-order chi connectivity index (χ0) is 14.8. The summed E-state index contributed by atoms with van der Waals surface area (Å²) in [6.45, 7) is 2.02. The van der Waals surface area contributed by atoms with Gasteiger partial charge in [0.2, 0.25) is 11.7 Å². The summed E-state index contributed by atoms with van der Waals surface area (Å²) in [6, 6.07) is 13.7. The van der Waals surface area contributed by atoms with Crippen LogP contribution in [-0.2, 0) is 6.42 Å². The summed E-state index contributed by atoms with van der Waals surface area (Å²) >= 11 is 3.45. The van der Waals surface area contributed by atoms with Crippen molar-refractivity contribution < 1.29 is 4.52 Å². The van der Waals surface area contributed by atoms with Crippen molar-refractivity contribution in [3.05, 3.63) is 64.0 Å². The van der Waals surface area contributed by atoms with E-state index >= 15 is 0 Å². The van der Waals surface area contributed by atoms with Crippen molar-refractivity contribution in [3.63, 3.8) is 0 Å². The number of anilines is 1. The lowest BCUT2D eigenvalue weighted by Gasteiger charge is -2.01. The van der Waals surface area contributed by atoms with Crippen molar-refractivity contribution in [2.75, 3.05) is 5.73 Å². The Balaban J connectivity index is 1.88. The number of aromatic nitrogens is 2. The van der Waals surface area contributed by atoms with Gasteiger partial charge in [0, 0.05) is 15.7 Å². The molecule has 0 fully saturated rings. The van der Waals surface area contributed by atoms with E-state index < -0.39 is 0 Å². The second kappa shape index (κ2) is 5.69. The average molecular weight is 344 g/mol. The normalized spacial score (nSPS) is 10.8. The molecule has 1 heterocycles. The molecule has 2 N–H and O–H groups in total. The van der Waals surface area contributed by atoms with Gasteiger partial charge in [0.15, 0.2) is 0 Å². The predicted octanol–water partition coefficient (Wildman–Crippen LogP) is 3.98. The molecule has 0 radical (unpaired) electrons. The predicted molar refractivity (Wildman–Crippen MR) is 85.8 cm³/mol. The lowest BCUT2D eigenvalue weighted by atomic mass is 10.1. The maximum absolute atomic E-state index is 5.93. The number of hydrogen-bond donors (Lipinski definition) is 1. The van der Waals surface area contributed by atoms with Crippen LogP contribution >= 0.6 is 15.9 Å². The van der Waals surface area contributed by atoms with Crippen molar-refractivity contribution in [2.24, 2.45) is 0 Å². The molecule has 4 nitrogen and oxygen atoms in total. The van der Waals surface area contributed by atoms with Gasteiger partial charge in [0.05, 0.1) is 6.42 Å². The van der Waals surface area contributed by atoms with Gasteiger partial charge >= 0.3 is 0 Å². The summed E-state index contributed by atoms with van der Waals surface area (Å²) in [5.74, 6) is 1.16. The first kappa shape index (κ1) is 13.8. The Morgan fingerprint density at radius 1 is 1.19 bits per heavy atom. The molecule has 3 aromatic rings. The topological polar surface area (TPSA) is 64.9 Å². The summed E-state index contributed by atoms with van der Waals surface area (Å²) in [5, 5.41) is 4.06. The molecule has 0 aliphatic carbocycles. The number of aryl methyl sites for hydroxylation is 1. The number of para-hydroxylation sites is 1. The van der Waals surface area contributed by atoms with Crippen molar-refractivity contribution in [1.29, 1.82) is 0 Å². The molecule has 2 aromatic carbocycles. The molecule has 0 spiro atoms. The second-order valence-electron chi connectivity index (χ2n) is 4.85. The molecule has 0 bridgehead atoms. The van der Waals surface area contributed by atoms with Crippen molar-refractivity contribution >= 4 is 21.6 Å². The largest absolute Gasteiger partial charge is 0.398 e. The molecule has 3 rings (SSSR count). The summed E-state index contributed by atoms with van der Waals surface area (Å²) in [7, 11) is 0. The van der Waals surface area contributed by atoms with Gasteiger partial charge in [-0.25, -0.2) is 0 Å². The highest BCUT2D eigenvalue weighted by Gasteiger charge is 2.12. The molecule has 0 atom stereocenters. The number of nitrogens with zero attached hydrogens (tertiary/aromatic N) is 2. The number of halogens is 1. The van der Waals surface area contributed by atoms with Crippen LogP contribution in [0, 0.1) is 6.92 Å². The minimum atomic E-state index is 0.537. The van der Waals surface area contributed by atoms with Crippen LogP contribution in [0.25, 0.3) is 11.4 Å². The first-order chi connectivity index (χ1) is 10.1. The van der Waals surface area contributed by atoms with E-state index in [1.807, 2.05) is 49.4 Å². The van der Waals surface area contributed by atoms with Crippen LogP contribution in [0.2, 0.25) is 0 Å². The molecule has 5 heteroatoms. The van der Waals surface area contributed by atoms with E-state index in [1.165, 1.54) is 0 Å². The third-order valence-electron chi connectivity index (χ3n) is 3.29. The van der Waals surface area contributed by atoms with Crippen molar-refractivity contribution in [3.8, 4) is 11.4 Å². The lowest BCUT2D eigenvalue weighted by molar-refractivity contribution is 0.386. The van der Waals surface area contributed by atoms with Crippen LogP contribution in [0.4, 0.5) is 5.69 Å². The molecule has 106 valence electrons. The third-order valence-corrected chi connectivity index (χ3v) is 3.79. The van der Waals surface area contributed by atoms with E-state index in [0.717, 1.165) is 26.9 Å². The van der Waals surface area contributed by atoms with E-state index in [1.54, 1.807) is 0 Å². The van der Waals surface area contributed by atoms with Crippen LogP contribution in [0.3, 0.4) is 0 Å². The Morgan fingerprint density at radius 3 is 2.76 bits per heavy atom. The van der Waals surface area contributed by atoms with Gasteiger partial charge in [-0.1, -0.05) is 39.3 Å². The molecule has 0 aliphatic heterocycles. The first-order valence-electron chi connectivity index (χ1n) is 6.56. The smallest absolute Gasteiger partial charge is 0.231 e. The maximum Gasteiger partial charge on any atom is 0.231 e. The fourth-order valence-electron chi connectivity index (χ4n) is 2.17. The van der Waals surface area contributed by atoms with E-state index in [2.05, 4.69) is 26.1 Å². The Labute approximate surface area is 131 Å². The Kier molecular flexibility index (Phi) is 3.75. The van der Waals surface area contributed by atoms with Crippen molar-refractivity contribution in [1.82, 2.24) is 10.1 Å². The number of nitrogens with two attached hydrogens (primary N) is 1. The highest BCUT2D eigenvalue weighted by molar-refractivity contribution is 9.10. The molecule has 0 amide bonds. The highest BCUT2D eigenvalue weighted by atomic mass is 79.9. The van der Waals surface area contributed by atoms with Crippen LogP contribution in [0.15, 0.2) is 51.5 Å². The fourth-order valence-corrected chi connectivity index (χ4v) is 2.65. The summed E-state index contributed by atoms with van der Waals surface area (Å²) in [4.78, 5) is 4.46. The zero-order valence-corrected chi connectivity index (χ0v) is 13.1. The standard InChI is InChI=1S/C16H14BrN3O/c1-10-8-12(17)6-7-13(10)16-19-15(21-20-16)9-11-4-2-3-5-14(11)18/h2-8H,9,18H2,1H3. The Bertz CT molecular complexity index is 783. The number of hydrogen-bond acceptors (Lipinski definition) is 4. The van der Waals surface area contributed by atoms with E-state index in [0.29, 0.717) is 18.1 Å². The lowest BCUT2D eigenvalue weighted by Crippen LogP contribution is -1.95. The number of nitrogen functional groups attached to an aromatic ring is 1. The molecular formula is C16H14BrN3O. The average Bonchev–Trinajstić information content (AvgIpc) is 2.90.